The van der Waals surface area contributed by atoms with Gasteiger partial charge in [-0.15, -0.1) is 6.42 Å². The maximum absolute atomic E-state index is 13.9. The van der Waals surface area contributed by atoms with E-state index in [1.54, 1.807) is 18.2 Å². The number of anilines is 1. The van der Waals surface area contributed by atoms with Gasteiger partial charge in [-0.05, 0) is 35.1 Å². The third-order valence-electron chi connectivity index (χ3n) is 3.17. The van der Waals surface area contributed by atoms with Crippen molar-refractivity contribution < 1.29 is 12.8 Å². The molecule has 0 saturated heterocycles. The van der Waals surface area contributed by atoms with Gasteiger partial charge in [-0.1, -0.05) is 25.8 Å². The van der Waals surface area contributed by atoms with Crippen LogP contribution in [0.2, 0.25) is 0 Å². The molecule has 0 bridgehead atoms. The van der Waals surface area contributed by atoms with E-state index >= 15 is 0 Å². The summed E-state index contributed by atoms with van der Waals surface area (Å²) in [5.41, 5.74) is 1.47. The molecule has 2 aromatic carbocycles. The summed E-state index contributed by atoms with van der Waals surface area (Å²) in [5, 5.41) is 1.37. The first kappa shape index (κ1) is 15.3. The molecular weight excluding hydrogens is 289 g/mol. The number of sulfonamides is 1. The maximum atomic E-state index is 13.9. The van der Waals surface area contributed by atoms with Gasteiger partial charge in [0.1, 0.15) is 5.82 Å². The van der Waals surface area contributed by atoms with Crippen molar-refractivity contribution in [1.82, 2.24) is 0 Å². The van der Waals surface area contributed by atoms with Crippen LogP contribution in [0.5, 0.6) is 0 Å². The highest BCUT2D eigenvalue weighted by Gasteiger charge is 2.15. The van der Waals surface area contributed by atoms with Crippen molar-refractivity contribution in [1.29, 1.82) is 0 Å². The zero-order valence-corrected chi connectivity index (χ0v) is 12.9. The molecule has 0 aliphatic rings. The highest BCUT2D eigenvalue weighted by Crippen LogP contribution is 2.33. The molecule has 0 atom stereocenters. The van der Waals surface area contributed by atoms with Crippen molar-refractivity contribution in [2.24, 2.45) is 0 Å². The second-order valence-corrected chi connectivity index (χ2v) is 7.01. The van der Waals surface area contributed by atoms with Crippen LogP contribution >= 0.6 is 0 Å². The van der Waals surface area contributed by atoms with Crippen LogP contribution in [0.3, 0.4) is 0 Å². The average Bonchev–Trinajstić information content (AvgIpc) is 2.36. The summed E-state index contributed by atoms with van der Waals surface area (Å²) in [6.45, 7) is 3.90. The number of hydrogen-bond acceptors (Lipinski definition) is 2. The minimum Gasteiger partial charge on any atom is -0.284 e. The Morgan fingerprint density at radius 3 is 2.48 bits per heavy atom. The zero-order valence-electron chi connectivity index (χ0n) is 12.1. The second-order valence-electron chi connectivity index (χ2n) is 5.26. The van der Waals surface area contributed by atoms with Crippen molar-refractivity contribution in [2.75, 3.05) is 11.0 Å². The van der Waals surface area contributed by atoms with Crippen LogP contribution in [0.1, 0.15) is 30.9 Å². The standard InChI is InChI=1S/C16H16FNO2S/c1-5-13-15(17)7-6-11-8-12(18-21(4,19)20)9-14(10(2)3)16(11)13/h1,6-10,18H,2-4H3. The third kappa shape index (κ3) is 3.17. The van der Waals surface area contributed by atoms with Gasteiger partial charge in [0.15, 0.2) is 0 Å². The van der Waals surface area contributed by atoms with Gasteiger partial charge in [0.2, 0.25) is 10.0 Å². The SMILES string of the molecule is C#Cc1c(F)ccc2cc(NS(C)(=O)=O)cc(C(C)C)c12. The molecular formula is C16H16FNO2S. The van der Waals surface area contributed by atoms with Crippen LogP contribution in [0.15, 0.2) is 24.3 Å². The van der Waals surface area contributed by atoms with E-state index in [1.165, 1.54) is 6.07 Å². The van der Waals surface area contributed by atoms with Gasteiger partial charge in [-0.3, -0.25) is 4.72 Å². The molecule has 0 radical (unpaired) electrons. The molecule has 1 N–H and O–H groups in total. The Hall–Kier alpha value is -2.06. The molecule has 0 spiro atoms. The summed E-state index contributed by atoms with van der Waals surface area (Å²) in [6.07, 6.45) is 6.51. The van der Waals surface area contributed by atoms with E-state index in [9.17, 15) is 12.8 Å². The van der Waals surface area contributed by atoms with E-state index in [4.69, 9.17) is 6.42 Å². The van der Waals surface area contributed by atoms with E-state index in [0.29, 0.717) is 16.5 Å². The zero-order chi connectivity index (χ0) is 15.8. The van der Waals surface area contributed by atoms with Crippen LogP contribution in [0.4, 0.5) is 10.1 Å². The molecule has 0 aliphatic heterocycles. The number of terminal acetylenes is 1. The average molecular weight is 305 g/mol. The number of rotatable bonds is 3. The van der Waals surface area contributed by atoms with E-state index in [2.05, 4.69) is 10.6 Å². The Morgan fingerprint density at radius 1 is 1.29 bits per heavy atom. The third-order valence-corrected chi connectivity index (χ3v) is 3.77. The molecule has 0 amide bonds. The first-order chi connectivity index (χ1) is 9.73. The number of nitrogens with one attached hydrogen (secondary N) is 1. The lowest BCUT2D eigenvalue weighted by Crippen LogP contribution is -2.10. The number of hydrogen-bond donors (Lipinski definition) is 1. The molecule has 21 heavy (non-hydrogen) atoms. The van der Waals surface area contributed by atoms with Gasteiger partial charge in [0, 0.05) is 11.1 Å². The molecule has 0 heterocycles. The first-order valence-electron chi connectivity index (χ1n) is 6.43. The van der Waals surface area contributed by atoms with E-state index in [0.717, 1.165) is 11.8 Å². The number of halogens is 1. The lowest BCUT2D eigenvalue weighted by molar-refractivity contribution is 0.606. The van der Waals surface area contributed by atoms with Crippen molar-refractivity contribution in [3.63, 3.8) is 0 Å². The minimum atomic E-state index is -3.38. The molecule has 0 saturated carbocycles. The van der Waals surface area contributed by atoms with Crippen LogP contribution in [-0.4, -0.2) is 14.7 Å². The fourth-order valence-electron chi connectivity index (χ4n) is 2.34. The van der Waals surface area contributed by atoms with Gasteiger partial charge in [0.25, 0.3) is 0 Å². The summed E-state index contributed by atoms with van der Waals surface area (Å²) in [4.78, 5) is 0. The Balaban J connectivity index is 2.83. The maximum Gasteiger partial charge on any atom is 0.229 e. The summed E-state index contributed by atoms with van der Waals surface area (Å²) in [6, 6.07) is 6.26. The van der Waals surface area contributed by atoms with Crippen LogP contribution in [0, 0.1) is 18.2 Å². The molecule has 2 aromatic rings. The summed E-state index contributed by atoms with van der Waals surface area (Å²) < 4.78 is 39.1. The van der Waals surface area contributed by atoms with Crippen molar-refractivity contribution in [3.05, 3.63) is 41.2 Å². The van der Waals surface area contributed by atoms with Crippen molar-refractivity contribution in [3.8, 4) is 12.3 Å². The largest absolute Gasteiger partial charge is 0.284 e. The van der Waals surface area contributed by atoms with E-state index < -0.39 is 15.8 Å². The van der Waals surface area contributed by atoms with Crippen LogP contribution < -0.4 is 4.72 Å². The van der Waals surface area contributed by atoms with Crippen LogP contribution in [0.25, 0.3) is 10.8 Å². The van der Waals surface area contributed by atoms with Crippen molar-refractivity contribution >= 4 is 26.5 Å². The molecule has 3 nitrogen and oxygen atoms in total. The number of benzene rings is 2. The Kier molecular flexibility index (Phi) is 3.93. The molecule has 0 fully saturated rings. The predicted molar refractivity (Wildman–Crippen MR) is 84.4 cm³/mol. The minimum absolute atomic E-state index is 0.0720. The molecule has 0 aromatic heterocycles. The molecule has 0 unspecified atom stereocenters. The lowest BCUT2D eigenvalue weighted by Gasteiger charge is -2.15. The topological polar surface area (TPSA) is 46.2 Å². The summed E-state index contributed by atoms with van der Waals surface area (Å²) in [7, 11) is -3.38. The molecule has 5 heteroatoms. The monoisotopic (exact) mass is 305 g/mol. The predicted octanol–water partition coefficient (Wildman–Crippen LogP) is 3.46. The molecule has 2 rings (SSSR count). The van der Waals surface area contributed by atoms with Crippen LogP contribution in [-0.2, 0) is 10.0 Å². The Bertz CT molecular complexity index is 849. The highest BCUT2D eigenvalue weighted by molar-refractivity contribution is 7.92. The summed E-state index contributed by atoms with van der Waals surface area (Å²) >= 11 is 0. The summed E-state index contributed by atoms with van der Waals surface area (Å²) in [5.74, 6) is 2.01. The number of fused-ring (bicyclic) bond motifs is 1. The first-order valence-corrected chi connectivity index (χ1v) is 8.32. The fourth-order valence-corrected chi connectivity index (χ4v) is 2.89. The normalized spacial score (nSPS) is 11.6. The fraction of sp³-hybridized carbons (Fsp3) is 0.250. The lowest BCUT2D eigenvalue weighted by atomic mass is 9.92. The van der Waals surface area contributed by atoms with E-state index in [-0.39, 0.29) is 11.5 Å². The second kappa shape index (κ2) is 5.38. The molecule has 110 valence electrons. The highest BCUT2D eigenvalue weighted by atomic mass is 32.2. The van der Waals surface area contributed by atoms with Gasteiger partial charge >= 0.3 is 0 Å². The van der Waals surface area contributed by atoms with Crippen molar-refractivity contribution in [2.45, 2.75) is 19.8 Å². The quantitative estimate of drug-likeness (QED) is 0.883. The van der Waals surface area contributed by atoms with Gasteiger partial charge < -0.3 is 0 Å². The van der Waals surface area contributed by atoms with E-state index in [1.807, 2.05) is 13.8 Å². The van der Waals surface area contributed by atoms with Gasteiger partial charge in [-0.2, -0.15) is 0 Å². The molecule has 0 aliphatic carbocycles. The smallest absolute Gasteiger partial charge is 0.229 e. The van der Waals surface area contributed by atoms with Gasteiger partial charge in [-0.25, -0.2) is 12.8 Å². The Morgan fingerprint density at radius 2 is 1.95 bits per heavy atom. The van der Waals surface area contributed by atoms with Gasteiger partial charge in [0.05, 0.1) is 11.8 Å². The Labute approximate surface area is 124 Å².